The largest absolute Gasteiger partial charge is 0.497 e. The van der Waals surface area contributed by atoms with Gasteiger partial charge in [0.1, 0.15) is 5.75 Å². The molecule has 0 aromatic heterocycles. The second-order valence-electron chi connectivity index (χ2n) is 4.53. The Balaban J connectivity index is 2.02. The Morgan fingerprint density at radius 3 is 2.32 bits per heavy atom. The number of amides is 2. The summed E-state index contributed by atoms with van der Waals surface area (Å²) in [5, 5.41) is 0. The summed E-state index contributed by atoms with van der Waals surface area (Å²) >= 11 is 0. The summed E-state index contributed by atoms with van der Waals surface area (Å²) < 4.78 is 5.12. The molecule has 2 amide bonds. The van der Waals surface area contributed by atoms with E-state index in [9.17, 15) is 9.59 Å². The van der Waals surface area contributed by atoms with Gasteiger partial charge in [0.25, 0.3) is 5.91 Å². The van der Waals surface area contributed by atoms with E-state index in [1.165, 1.54) is 0 Å². The summed E-state index contributed by atoms with van der Waals surface area (Å²) in [4.78, 5) is 27.1. The van der Waals surface area contributed by atoms with Crippen molar-refractivity contribution in [3.63, 3.8) is 0 Å². The number of hydrogen-bond acceptors (Lipinski definition) is 3. The van der Waals surface area contributed by atoms with Gasteiger partial charge < -0.3 is 14.5 Å². The van der Waals surface area contributed by atoms with Gasteiger partial charge >= 0.3 is 0 Å². The molecule has 19 heavy (non-hydrogen) atoms. The lowest BCUT2D eigenvalue weighted by molar-refractivity contribution is -0.130. The molecule has 1 aromatic rings. The average molecular weight is 262 g/mol. The molecule has 1 aliphatic heterocycles. The van der Waals surface area contributed by atoms with Gasteiger partial charge in [-0.15, -0.1) is 0 Å². The number of carbonyl (C=O) groups excluding carboxylic acids is 2. The van der Waals surface area contributed by atoms with Crippen molar-refractivity contribution in [3.05, 3.63) is 29.8 Å². The maximum Gasteiger partial charge on any atom is 0.254 e. The third-order valence-corrected chi connectivity index (χ3v) is 3.33. The van der Waals surface area contributed by atoms with Gasteiger partial charge in [-0.2, -0.15) is 0 Å². The number of benzene rings is 1. The number of methoxy groups -OCH3 is 1. The van der Waals surface area contributed by atoms with Crippen molar-refractivity contribution in [2.75, 3.05) is 33.3 Å². The van der Waals surface area contributed by atoms with Crippen LogP contribution in [-0.2, 0) is 4.79 Å². The first-order valence-corrected chi connectivity index (χ1v) is 6.30. The quantitative estimate of drug-likeness (QED) is 0.799. The molecule has 0 bridgehead atoms. The highest BCUT2D eigenvalue weighted by atomic mass is 16.5. The van der Waals surface area contributed by atoms with Gasteiger partial charge in [-0.05, 0) is 18.2 Å². The SMILES string of the molecule is COc1cccc(C(=O)N2CCN(C(C)=O)CC2)c1. The van der Waals surface area contributed by atoms with Crippen LogP contribution in [0.5, 0.6) is 5.75 Å². The summed E-state index contributed by atoms with van der Waals surface area (Å²) in [6, 6.07) is 7.13. The number of carbonyl (C=O) groups is 2. The molecule has 0 saturated carbocycles. The van der Waals surface area contributed by atoms with Crippen LogP contribution >= 0.6 is 0 Å². The maximum absolute atomic E-state index is 12.3. The summed E-state index contributed by atoms with van der Waals surface area (Å²) in [7, 11) is 1.58. The highest BCUT2D eigenvalue weighted by Crippen LogP contribution is 2.15. The Morgan fingerprint density at radius 2 is 1.74 bits per heavy atom. The second-order valence-corrected chi connectivity index (χ2v) is 4.53. The van der Waals surface area contributed by atoms with Crippen LogP contribution in [0.25, 0.3) is 0 Å². The molecular weight excluding hydrogens is 244 g/mol. The van der Waals surface area contributed by atoms with Gasteiger partial charge in [0, 0.05) is 38.7 Å². The summed E-state index contributed by atoms with van der Waals surface area (Å²) in [6.07, 6.45) is 0. The number of ether oxygens (including phenoxy) is 1. The van der Waals surface area contributed by atoms with E-state index in [-0.39, 0.29) is 11.8 Å². The van der Waals surface area contributed by atoms with Crippen LogP contribution in [0.15, 0.2) is 24.3 Å². The van der Waals surface area contributed by atoms with Crippen molar-refractivity contribution in [2.24, 2.45) is 0 Å². The van der Waals surface area contributed by atoms with Crippen molar-refractivity contribution in [2.45, 2.75) is 6.92 Å². The molecule has 5 heteroatoms. The van der Waals surface area contributed by atoms with E-state index in [0.29, 0.717) is 37.5 Å². The molecule has 1 aromatic carbocycles. The first-order chi connectivity index (χ1) is 9.11. The van der Waals surface area contributed by atoms with Crippen LogP contribution < -0.4 is 4.74 Å². The van der Waals surface area contributed by atoms with Crippen LogP contribution in [0.4, 0.5) is 0 Å². The highest BCUT2D eigenvalue weighted by Gasteiger charge is 2.23. The number of rotatable bonds is 2. The topological polar surface area (TPSA) is 49.9 Å². The van der Waals surface area contributed by atoms with Gasteiger partial charge in [-0.25, -0.2) is 0 Å². The van der Waals surface area contributed by atoms with E-state index in [2.05, 4.69) is 0 Å². The molecule has 0 atom stereocenters. The molecule has 1 fully saturated rings. The fraction of sp³-hybridized carbons (Fsp3) is 0.429. The summed E-state index contributed by atoms with van der Waals surface area (Å²) in [6.45, 7) is 3.92. The second kappa shape index (κ2) is 5.73. The number of hydrogen-bond donors (Lipinski definition) is 0. The fourth-order valence-corrected chi connectivity index (χ4v) is 2.16. The predicted molar refractivity (Wildman–Crippen MR) is 71.2 cm³/mol. The molecule has 2 rings (SSSR count). The third-order valence-electron chi connectivity index (χ3n) is 3.33. The number of nitrogens with zero attached hydrogens (tertiary/aromatic N) is 2. The molecule has 0 spiro atoms. The monoisotopic (exact) mass is 262 g/mol. The van der Waals surface area contributed by atoms with Crippen molar-refractivity contribution in [1.82, 2.24) is 9.80 Å². The summed E-state index contributed by atoms with van der Waals surface area (Å²) in [5.74, 6) is 0.726. The first kappa shape index (κ1) is 13.4. The van der Waals surface area contributed by atoms with Crippen LogP contribution in [-0.4, -0.2) is 54.9 Å². The first-order valence-electron chi connectivity index (χ1n) is 6.30. The van der Waals surface area contributed by atoms with Gasteiger partial charge in [-0.1, -0.05) is 6.07 Å². The Hall–Kier alpha value is -2.04. The van der Waals surface area contributed by atoms with Crippen molar-refractivity contribution < 1.29 is 14.3 Å². The normalized spacial score (nSPS) is 15.3. The Morgan fingerprint density at radius 1 is 1.11 bits per heavy atom. The van der Waals surface area contributed by atoms with Gasteiger partial charge in [0.15, 0.2) is 0 Å². The van der Waals surface area contributed by atoms with Gasteiger partial charge in [-0.3, -0.25) is 9.59 Å². The van der Waals surface area contributed by atoms with Gasteiger partial charge in [0.05, 0.1) is 7.11 Å². The lowest BCUT2D eigenvalue weighted by atomic mass is 10.1. The van der Waals surface area contributed by atoms with E-state index >= 15 is 0 Å². The molecule has 1 aliphatic rings. The minimum atomic E-state index is -0.0119. The molecule has 0 radical (unpaired) electrons. The Kier molecular flexibility index (Phi) is 4.04. The standard InChI is InChI=1S/C14H18N2O3/c1-11(17)15-6-8-16(9-7-15)14(18)12-4-3-5-13(10-12)19-2/h3-5,10H,6-9H2,1-2H3. The molecule has 0 N–H and O–H groups in total. The van der Waals surface area contributed by atoms with Gasteiger partial charge in [0.2, 0.25) is 5.91 Å². The number of piperazine rings is 1. The Labute approximate surface area is 112 Å². The predicted octanol–water partition coefficient (Wildman–Crippen LogP) is 0.999. The fourth-order valence-electron chi connectivity index (χ4n) is 2.16. The van der Waals surface area contributed by atoms with Crippen molar-refractivity contribution in [1.29, 1.82) is 0 Å². The van der Waals surface area contributed by atoms with Crippen LogP contribution in [0, 0.1) is 0 Å². The highest BCUT2D eigenvalue weighted by molar-refractivity contribution is 5.94. The average Bonchev–Trinajstić information content (AvgIpc) is 2.46. The minimum absolute atomic E-state index is 0.0119. The lowest BCUT2D eigenvalue weighted by Gasteiger charge is -2.34. The van der Waals surface area contributed by atoms with Crippen LogP contribution in [0.2, 0.25) is 0 Å². The van der Waals surface area contributed by atoms with Crippen LogP contribution in [0.3, 0.4) is 0 Å². The molecular formula is C14H18N2O3. The maximum atomic E-state index is 12.3. The Bertz CT molecular complexity index is 479. The molecule has 102 valence electrons. The summed E-state index contributed by atoms with van der Waals surface area (Å²) in [5.41, 5.74) is 0.621. The lowest BCUT2D eigenvalue weighted by Crippen LogP contribution is -2.50. The zero-order valence-electron chi connectivity index (χ0n) is 11.3. The van der Waals surface area contributed by atoms with Crippen molar-refractivity contribution >= 4 is 11.8 Å². The zero-order chi connectivity index (χ0) is 13.8. The smallest absolute Gasteiger partial charge is 0.254 e. The molecule has 0 aliphatic carbocycles. The van der Waals surface area contributed by atoms with Crippen LogP contribution in [0.1, 0.15) is 17.3 Å². The van der Waals surface area contributed by atoms with E-state index in [0.717, 1.165) is 0 Å². The molecule has 5 nitrogen and oxygen atoms in total. The van der Waals surface area contributed by atoms with E-state index in [1.54, 1.807) is 42.0 Å². The van der Waals surface area contributed by atoms with E-state index in [1.807, 2.05) is 6.07 Å². The van der Waals surface area contributed by atoms with E-state index in [4.69, 9.17) is 4.74 Å². The molecule has 1 saturated heterocycles. The van der Waals surface area contributed by atoms with E-state index < -0.39 is 0 Å². The molecule has 1 heterocycles. The van der Waals surface area contributed by atoms with Crippen molar-refractivity contribution in [3.8, 4) is 5.75 Å². The molecule has 0 unspecified atom stereocenters. The zero-order valence-corrected chi connectivity index (χ0v) is 11.3. The minimum Gasteiger partial charge on any atom is -0.497 e. The third kappa shape index (κ3) is 3.05.